The van der Waals surface area contributed by atoms with Crippen molar-refractivity contribution in [2.24, 2.45) is 0 Å². The van der Waals surface area contributed by atoms with Gasteiger partial charge in [-0.05, 0) is 65.2 Å². The minimum atomic E-state index is -0.833. The summed E-state index contributed by atoms with van der Waals surface area (Å²) in [7, 11) is 0. The molecule has 2 aromatic rings. The Labute approximate surface area is 176 Å². The predicted octanol–water partition coefficient (Wildman–Crippen LogP) is 3.03. The fraction of sp³-hybridized carbons (Fsp3) is 0.250. The fourth-order valence-electron chi connectivity index (χ4n) is 1.98. The molecule has 2 rings (SSSR count). The molecule has 5 N–H and O–H groups in total. The van der Waals surface area contributed by atoms with Gasteiger partial charge in [0.05, 0.1) is 28.8 Å². The van der Waals surface area contributed by atoms with Crippen LogP contribution in [0.15, 0.2) is 34.8 Å². The molecule has 158 valence electrons. The van der Waals surface area contributed by atoms with E-state index in [4.69, 9.17) is 20.1 Å². The molecule has 0 saturated heterocycles. The maximum atomic E-state index is 11.0. The quantitative estimate of drug-likeness (QED) is 0.427. The Balaban J connectivity index is 0.000000459. The van der Waals surface area contributed by atoms with Crippen LogP contribution in [0.4, 0.5) is 0 Å². The maximum absolute atomic E-state index is 11.0. The Kier molecular flexibility index (Phi) is 11.5. The van der Waals surface area contributed by atoms with Gasteiger partial charge in [0.1, 0.15) is 11.5 Å². The third-order valence-corrected chi connectivity index (χ3v) is 3.91. The molecule has 0 aromatic heterocycles. The van der Waals surface area contributed by atoms with E-state index in [2.05, 4.69) is 15.9 Å². The number of ketones is 2. The lowest BCUT2D eigenvalue weighted by atomic mass is 10.1. The molecule has 0 atom stereocenters. The van der Waals surface area contributed by atoms with Crippen molar-refractivity contribution in [1.82, 2.24) is 0 Å². The van der Waals surface area contributed by atoms with Gasteiger partial charge in [0.25, 0.3) is 5.97 Å². The summed E-state index contributed by atoms with van der Waals surface area (Å²) < 4.78 is 0.421. The molecule has 9 heteroatoms. The van der Waals surface area contributed by atoms with E-state index in [1.54, 1.807) is 12.1 Å². The lowest BCUT2D eigenvalue weighted by Crippen LogP contribution is -1.96. The number of rotatable bonds is 4. The Hall–Kier alpha value is -2.75. The number of Topliss-reactive ketones (excluding diaryl/α,β-unsaturated/α-hetero) is 2. The second-order valence-electron chi connectivity index (χ2n) is 5.77. The highest BCUT2D eigenvalue weighted by Gasteiger charge is 2.11. The van der Waals surface area contributed by atoms with Crippen LogP contribution < -0.4 is 0 Å². The van der Waals surface area contributed by atoms with Gasteiger partial charge in [-0.15, -0.1) is 0 Å². The van der Waals surface area contributed by atoms with E-state index in [9.17, 15) is 19.8 Å². The topological polar surface area (TPSA) is 152 Å². The molecule has 0 unspecified atom stereocenters. The first kappa shape index (κ1) is 26.2. The van der Waals surface area contributed by atoms with E-state index in [1.807, 2.05) is 0 Å². The summed E-state index contributed by atoms with van der Waals surface area (Å²) in [5, 5.41) is 43.6. The minimum absolute atomic E-state index is 0.0419. The molecule has 0 spiro atoms. The van der Waals surface area contributed by atoms with Crippen LogP contribution >= 0.6 is 15.9 Å². The molecule has 0 fully saturated rings. The van der Waals surface area contributed by atoms with E-state index in [0.717, 1.165) is 6.92 Å². The first-order valence-electron chi connectivity index (χ1n) is 8.20. The predicted molar refractivity (Wildman–Crippen MR) is 109 cm³/mol. The molecule has 8 nitrogen and oxygen atoms in total. The van der Waals surface area contributed by atoms with Crippen molar-refractivity contribution in [3.8, 4) is 11.5 Å². The van der Waals surface area contributed by atoms with Crippen molar-refractivity contribution in [2.75, 3.05) is 0 Å². The number of aliphatic carboxylic acids is 1. The molecule has 2 aromatic carbocycles. The van der Waals surface area contributed by atoms with Gasteiger partial charge < -0.3 is 25.5 Å². The summed E-state index contributed by atoms with van der Waals surface area (Å²) in [5.74, 6) is -1.39. The molecule has 0 bridgehead atoms. The van der Waals surface area contributed by atoms with E-state index in [-0.39, 0.29) is 47.4 Å². The van der Waals surface area contributed by atoms with Crippen LogP contribution in [0.25, 0.3) is 0 Å². The van der Waals surface area contributed by atoms with Gasteiger partial charge in [-0.25, -0.2) is 0 Å². The van der Waals surface area contributed by atoms with Crippen LogP contribution in [0, 0.1) is 0 Å². The number of phenols is 2. The van der Waals surface area contributed by atoms with E-state index in [0.29, 0.717) is 15.6 Å². The molecule has 0 amide bonds. The van der Waals surface area contributed by atoms with Crippen molar-refractivity contribution >= 4 is 33.5 Å². The monoisotopic (exact) mass is 470 g/mol. The molecule has 0 radical (unpaired) electrons. The third kappa shape index (κ3) is 9.33. The highest BCUT2D eigenvalue weighted by Crippen LogP contribution is 2.29. The second kappa shape index (κ2) is 12.7. The van der Waals surface area contributed by atoms with Gasteiger partial charge in [0.2, 0.25) is 0 Å². The van der Waals surface area contributed by atoms with Gasteiger partial charge in [0, 0.05) is 6.92 Å². The number of aliphatic hydroxyl groups is 2. The maximum Gasteiger partial charge on any atom is 0.300 e. The molecular formula is C20H23BrO8. The largest absolute Gasteiger partial charge is 0.507 e. The second-order valence-corrected chi connectivity index (χ2v) is 6.63. The first-order chi connectivity index (χ1) is 13.4. The average molecular weight is 471 g/mol. The fourth-order valence-corrected chi connectivity index (χ4v) is 2.49. The van der Waals surface area contributed by atoms with Gasteiger partial charge in [-0.2, -0.15) is 0 Å². The SMILES string of the molecule is CC(=O)O.CC(=O)c1cc(CO)cc(Br)c1O.CC(=O)c1cc(CO)ccc1O. The molecule has 29 heavy (non-hydrogen) atoms. The number of carboxylic acids is 1. The van der Waals surface area contributed by atoms with Gasteiger partial charge in [-0.3, -0.25) is 14.4 Å². The smallest absolute Gasteiger partial charge is 0.300 e. The number of phenolic OH excluding ortho intramolecular Hbond substituents is 2. The van der Waals surface area contributed by atoms with Crippen molar-refractivity contribution in [1.29, 1.82) is 0 Å². The molecule has 0 heterocycles. The molecule has 0 aliphatic carbocycles. The summed E-state index contributed by atoms with van der Waals surface area (Å²) >= 11 is 3.09. The summed E-state index contributed by atoms with van der Waals surface area (Å²) in [5.41, 5.74) is 1.69. The lowest BCUT2D eigenvalue weighted by molar-refractivity contribution is -0.134. The highest BCUT2D eigenvalue weighted by atomic mass is 79.9. The van der Waals surface area contributed by atoms with E-state index in [1.165, 1.54) is 32.0 Å². The Morgan fingerprint density at radius 2 is 1.28 bits per heavy atom. The van der Waals surface area contributed by atoms with Crippen molar-refractivity contribution in [3.05, 3.63) is 57.1 Å². The normalized spacial score (nSPS) is 9.45. The summed E-state index contributed by atoms with van der Waals surface area (Å²) in [6.45, 7) is 3.54. The number of aliphatic hydroxyl groups excluding tert-OH is 2. The van der Waals surface area contributed by atoms with Crippen molar-refractivity contribution < 1.29 is 39.9 Å². The third-order valence-electron chi connectivity index (χ3n) is 3.31. The molecule has 0 aliphatic rings. The summed E-state index contributed by atoms with van der Waals surface area (Å²) in [6, 6.07) is 7.51. The number of benzene rings is 2. The van der Waals surface area contributed by atoms with Crippen LogP contribution in [0.2, 0.25) is 0 Å². The number of carboxylic acid groups (broad SMARTS) is 1. The highest BCUT2D eigenvalue weighted by molar-refractivity contribution is 9.10. The Bertz CT molecular complexity index is 873. The number of carbonyl (C=O) groups excluding carboxylic acids is 2. The standard InChI is InChI=1S/C9H9BrO3.C9H10O3.C2H4O2/c1-5(12)7-2-6(4-11)3-8(10)9(7)13;1-6(11)8-4-7(5-10)2-3-9(8)12;1-2(3)4/h2-3,11,13H,4H2,1H3;2-4,10,12H,5H2,1H3;1H3,(H,3,4). The van der Waals surface area contributed by atoms with Crippen LogP contribution in [0.1, 0.15) is 52.6 Å². The zero-order valence-corrected chi connectivity index (χ0v) is 17.7. The van der Waals surface area contributed by atoms with Crippen molar-refractivity contribution in [2.45, 2.75) is 34.0 Å². The summed E-state index contributed by atoms with van der Waals surface area (Å²) in [4.78, 5) is 30.9. The van der Waals surface area contributed by atoms with E-state index < -0.39 is 5.97 Å². The number of aromatic hydroxyl groups is 2. The van der Waals surface area contributed by atoms with Gasteiger partial charge in [-0.1, -0.05) is 6.07 Å². The Morgan fingerprint density at radius 3 is 1.69 bits per heavy atom. The number of carbonyl (C=O) groups is 3. The first-order valence-corrected chi connectivity index (χ1v) is 9.00. The number of halogens is 1. The molecule has 0 aliphatic heterocycles. The zero-order valence-electron chi connectivity index (χ0n) is 16.1. The number of hydrogen-bond acceptors (Lipinski definition) is 7. The molecular weight excluding hydrogens is 448 g/mol. The zero-order chi connectivity index (χ0) is 22.7. The summed E-state index contributed by atoms with van der Waals surface area (Å²) in [6.07, 6.45) is 0. The average Bonchev–Trinajstić information content (AvgIpc) is 2.63. The van der Waals surface area contributed by atoms with Gasteiger partial charge in [0.15, 0.2) is 11.6 Å². The van der Waals surface area contributed by atoms with Crippen LogP contribution in [-0.2, 0) is 18.0 Å². The lowest BCUT2D eigenvalue weighted by Gasteiger charge is -2.05. The van der Waals surface area contributed by atoms with E-state index >= 15 is 0 Å². The van der Waals surface area contributed by atoms with Crippen molar-refractivity contribution in [3.63, 3.8) is 0 Å². The molecule has 0 saturated carbocycles. The van der Waals surface area contributed by atoms with Crippen LogP contribution in [0.3, 0.4) is 0 Å². The minimum Gasteiger partial charge on any atom is -0.507 e. The van der Waals surface area contributed by atoms with Crippen LogP contribution in [0.5, 0.6) is 11.5 Å². The number of hydrogen-bond donors (Lipinski definition) is 5. The van der Waals surface area contributed by atoms with Crippen LogP contribution in [-0.4, -0.2) is 43.1 Å². The van der Waals surface area contributed by atoms with Gasteiger partial charge >= 0.3 is 0 Å². The Morgan fingerprint density at radius 1 is 0.828 bits per heavy atom.